The number of phenols is 1. The number of nitrogens with one attached hydrogen (secondary N) is 1. The average Bonchev–Trinajstić information content (AvgIpc) is 3.19. The van der Waals surface area contributed by atoms with E-state index in [0.29, 0.717) is 17.9 Å². The highest BCUT2D eigenvalue weighted by Gasteiger charge is 2.38. The molecule has 2 aliphatic heterocycles. The molecular formula is C21H23NO6. The van der Waals surface area contributed by atoms with Crippen molar-refractivity contribution in [1.82, 2.24) is 5.32 Å². The summed E-state index contributed by atoms with van der Waals surface area (Å²) in [6.07, 6.45) is 0. The second-order valence-electron chi connectivity index (χ2n) is 7.23. The summed E-state index contributed by atoms with van der Waals surface area (Å²) < 4.78 is 22.2. The number of cyclic esters (lactones) is 1. The monoisotopic (exact) mass is 385 g/mol. The SMILES string of the molecule is CC(C)[C@H]1COC(=O)[C@H](c2cc(OCc3ccccc3)c(O)c3c2OCO3)N1. The summed E-state index contributed by atoms with van der Waals surface area (Å²) in [7, 11) is 0. The molecule has 2 atom stereocenters. The maximum Gasteiger partial charge on any atom is 0.328 e. The van der Waals surface area contributed by atoms with Gasteiger partial charge in [-0.3, -0.25) is 5.32 Å². The molecule has 4 rings (SSSR count). The third-order valence-corrected chi connectivity index (χ3v) is 4.98. The number of carbonyl (C=O) groups is 1. The number of hydrogen-bond acceptors (Lipinski definition) is 7. The molecule has 1 saturated heterocycles. The normalized spacial score (nSPS) is 20.9. The van der Waals surface area contributed by atoms with Crippen molar-refractivity contribution in [2.75, 3.05) is 13.4 Å². The van der Waals surface area contributed by atoms with Crippen LogP contribution in [0.15, 0.2) is 36.4 Å². The van der Waals surface area contributed by atoms with Gasteiger partial charge in [-0.25, -0.2) is 4.79 Å². The van der Waals surface area contributed by atoms with Crippen LogP contribution in [0.25, 0.3) is 0 Å². The quantitative estimate of drug-likeness (QED) is 0.766. The Labute approximate surface area is 163 Å². The molecule has 0 spiro atoms. The maximum absolute atomic E-state index is 12.5. The Balaban J connectivity index is 1.67. The fraction of sp³-hybridized carbons (Fsp3) is 0.381. The molecule has 0 saturated carbocycles. The number of benzene rings is 2. The van der Waals surface area contributed by atoms with E-state index in [2.05, 4.69) is 19.2 Å². The second kappa shape index (κ2) is 7.59. The van der Waals surface area contributed by atoms with Crippen LogP contribution in [0.5, 0.6) is 23.0 Å². The molecule has 2 aromatic rings. The first kappa shape index (κ1) is 18.4. The van der Waals surface area contributed by atoms with Gasteiger partial charge in [-0.2, -0.15) is 0 Å². The molecule has 148 valence electrons. The number of esters is 1. The van der Waals surface area contributed by atoms with Crippen LogP contribution >= 0.6 is 0 Å². The van der Waals surface area contributed by atoms with E-state index in [1.165, 1.54) is 0 Å². The smallest absolute Gasteiger partial charge is 0.328 e. The number of aromatic hydroxyl groups is 1. The van der Waals surface area contributed by atoms with Crippen LogP contribution in [-0.2, 0) is 16.1 Å². The van der Waals surface area contributed by atoms with Crippen molar-refractivity contribution < 1.29 is 28.8 Å². The first-order valence-corrected chi connectivity index (χ1v) is 9.29. The topological polar surface area (TPSA) is 86.3 Å². The molecule has 28 heavy (non-hydrogen) atoms. The van der Waals surface area contributed by atoms with Gasteiger partial charge in [-0.15, -0.1) is 0 Å². The fourth-order valence-electron chi connectivity index (χ4n) is 3.30. The Morgan fingerprint density at radius 3 is 2.68 bits per heavy atom. The fourth-order valence-corrected chi connectivity index (χ4v) is 3.30. The zero-order valence-electron chi connectivity index (χ0n) is 15.8. The van der Waals surface area contributed by atoms with Crippen LogP contribution < -0.4 is 19.5 Å². The Morgan fingerprint density at radius 2 is 1.93 bits per heavy atom. The van der Waals surface area contributed by atoms with Crippen molar-refractivity contribution in [3.8, 4) is 23.0 Å². The number of rotatable bonds is 5. The molecular weight excluding hydrogens is 362 g/mol. The minimum atomic E-state index is -0.726. The number of ether oxygens (including phenoxy) is 4. The number of hydrogen-bond donors (Lipinski definition) is 2. The lowest BCUT2D eigenvalue weighted by Crippen LogP contribution is -2.49. The number of morpholine rings is 1. The molecule has 0 aliphatic carbocycles. The van der Waals surface area contributed by atoms with Gasteiger partial charge in [-0.05, 0) is 17.5 Å². The van der Waals surface area contributed by atoms with Gasteiger partial charge < -0.3 is 24.1 Å². The predicted molar refractivity (Wildman–Crippen MR) is 100 cm³/mol. The molecule has 2 N–H and O–H groups in total. The molecule has 7 nitrogen and oxygen atoms in total. The van der Waals surface area contributed by atoms with E-state index in [1.54, 1.807) is 6.07 Å². The van der Waals surface area contributed by atoms with E-state index in [-0.39, 0.29) is 42.6 Å². The van der Waals surface area contributed by atoms with Gasteiger partial charge in [0.1, 0.15) is 19.3 Å². The van der Waals surface area contributed by atoms with E-state index in [9.17, 15) is 9.90 Å². The zero-order chi connectivity index (χ0) is 19.7. The Kier molecular flexibility index (Phi) is 5.00. The average molecular weight is 385 g/mol. The van der Waals surface area contributed by atoms with E-state index in [1.807, 2.05) is 30.3 Å². The standard InChI is InChI=1S/C21H23NO6/c1-12(2)15-10-26-21(24)17(22-15)14-8-16(18(23)20-19(14)27-11-28-20)25-9-13-6-4-3-5-7-13/h3-8,12,15,17,22-23H,9-11H2,1-2H3/t15-,17+/m1/s1. The summed E-state index contributed by atoms with van der Waals surface area (Å²) in [6, 6.07) is 10.5. The Bertz CT molecular complexity index is 867. The molecule has 2 heterocycles. The van der Waals surface area contributed by atoms with Crippen molar-refractivity contribution in [2.24, 2.45) is 5.92 Å². The Morgan fingerprint density at radius 1 is 1.18 bits per heavy atom. The van der Waals surface area contributed by atoms with E-state index in [4.69, 9.17) is 18.9 Å². The van der Waals surface area contributed by atoms with Crippen LogP contribution in [0, 0.1) is 5.92 Å². The largest absolute Gasteiger partial charge is 0.502 e. The van der Waals surface area contributed by atoms with Crippen LogP contribution in [0.3, 0.4) is 0 Å². The summed E-state index contributed by atoms with van der Waals surface area (Å²) in [5.74, 6) is 0.493. The highest BCUT2D eigenvalue weighted by Crippen LogP contribution is 2.51. The molecule has 0 unspecified atom stereocenters. The third kappa shape index (κ3) is 3.45. The van der Waals surface area contributed by atoms with Crippen molar-refractivity contribution >= 4 is 5.97 Å². The Hall–Kier alpha value is -2.93. The molecule has 2 aromatic carbocycles. The molecule has 1 fully saturated rings. The van der Waals surface area contributed by atoms with Crippen molar-refractivity contribution in [1.29, 1.82) is 0 Å². The lowest BCUT2D eigenvalue weighted by molar-refractivity contribution is -0.152. The van der Waals surface area contributed by atoms with Crippen LogP contribution in [-0.4, -0.2) is 30.5 Å². The van der Waals surface area contributed by atoms with Gasteiger partial charge in [0.25, 0.3) is 0 Å². The zero-order valence-corrected chi connectivity index (χ0v) is 15.8. The van der Waals surface area contributed by atoms with Gasteiger partial charge in [0.15, 0.2) is 11.5 Å². The van der Waals surface area contributed by atoms with Crippen molar-refractivity contribution in [3.05, 3.63) is 47.5 Å². The first-order valence-electron chi connectivity index (χ1n) is 9.29. The van der Waals surface area contributed by atoms with Crippen molar-refractivity contribution in [2.45, 2.75) is 32.5 Å². The highest BCUT2D eigenvalue weighted by molar-refractivity contribution is 5.81. The summed E-state index contributed by atoms with van der Waals surface area (Å²) in [5.41, 5.74) is 1.49. The molecule has 0 radical (unpaired) electrons. The summed E-state index contributed by atoms with van der Waals surface area (Å²) in [4.78, 5) is 12.5. The minimum absolute atomic E-state index is 0.0168. The van der Waals surface area contributed by atoms with Gasteiger partial charge in [0.2, 0.25) is 18.3 Å². The summed E-state index contributed by atoms with van der Waals surface area (Å²) >= 11 is 0. The first-order chi connectivity index (χ1) is 13.5. The number of fused-ring (bicyclic) bond motifs is 1. The maximum atomic E-state index is 12.5. The predicted octanol–water partition coefficient (Wildman–Crippen LogP) is 2.91. The second-order valence-corrected chi connectivity index (χ2v) is 7.23. The summed E-state index contributed by atoms with van der Waals surface area (Å²) in [5, 5.41) is 13.9. The minimum Gasteiger partial charge on any atom is -0.502 e. The molecule has 2 aliphatic rings. The van der Waals surface area contributed by atoms with Gasteiger partial charge in [0, 0.05) is 11.6 Å². The van der Waals surface area contributed by atoms with Gasteiger partial charge >= 0.3 is 5.97 Å². The van der Waals surface area contributed by atoms with E-state index >= 15 is 0 Å². The van der Waals surface area contributed by atoms with Crippen LogP contribution in [0.2, 0.25) is 0 Å². The van der Waals surface area contributed by atoms with E-state index < -0.39 is 12.0 Å². The van der Waals surface area contributed by atoms with Crippen LogP contribution in [0.1, 0.15) is 31.0 Å². The number of phenolic OH excluding ortho intramolecular Hbond substituents is 1. The molecule has 0 amide bonds. The van der Waals surface area contributed by atoms with Crippen molar-refractivity contribution in [3.63, 3.8) is 0 Å². The lowest BCUT2D eigenvalue weighted by Gasteiger charge is -2.32. The molecule has 0 bridgehead atoms. The lowest BCUT2D eigenvalue weighted by atomic mass is 9.97. The number of carbonyl (C=O) groups excluding carboxylic acids is 1. The van der Waals surface area contributed by atoms with E-state index in [0.717, 1.165) is 5.56 Å². The molecule has 7 heteroatoms. The molecule has 0 aromatic heterocycles. The highest BCUT2D eigenvalue weighted by atomic mass is 16.7. The van der Waals surface area contributed by atoms with Gasteiger partial charge in [0.05, 0.1) is 0 Å². The summed E-state index contributed by atoms with van der Waals surface area (Å²) in [6.45, 7) is 4.67. The third-order valence-electron chi connectivity index (χ3n) is 4.98. The van der Waals surface area contributed by atoms with Gasteiger partial charge in [-0.1, -0.05) is 44.2 Å². The van der Waals surface area contributed by atoms with Crippen LogP contribution in [0.4, 0.5) is 0 Å².